The Morgan fingerprint density at radius 3 is 2.67 bits per heavy atom. The van der Waals surface area contributed by atoms with Crippen LogP contribution in [0, 0.1) is 0 Å². The second kappa shape index (κ2) is 4.01. The molecule has 0 bridgehead atoms. The van der Waals surface area contributed by atoms with E-state index in [2.05, 4.69) is 10.2 Å². The van der Waals surface area contributed by atoms with Crippen LogP contribution in [0.4, 0.5) is 0 Å². The minimum absolute atomic E-state index is 0.0246. The fraction of sp³-hybridized carbons (Fsp3) is 0.500. The topological polar surface area (TPSA) is 61.0 Å². The van der Waals surface area contributed by atoms with Gasteiger partial charge in [0.25, 0.3) is 0 Å². The second-order valence-corrected chi connectivity index (χ2v) is 2.52. The Morgan fingerprint density at radius 1 is 1.50 bits per heavy atom. The van der Waals surface area contributed by atoms with E-state index in [0.717, 1.165) is 12.1 Å². The standard InChI is InChI=1S/C8H13N3O/c1-3-6(9)7-4-5-8(12-2)11-10-7/h4-6H,3,9H2,1-2H3. The van der Waals surface area contributed by atoms with Gasteiger partial charge in [-0.05, 0) is 12.5 Å². The molecule has 0 fully saturated rings. The van der Waals surface area contributed by atoms with Gasteiger partial charge in [-0.1, -0.05) is 6.92 Å². The maximum Gasteiger partial charge on any atom is 0.233 e. The molecular weight excluding hydrogens is 154 g/mol. The molecule has 0 aliphatic rings. The summed E-state index contributed by atoms with van der Waals surface area (Å²) in [6.07, 6.45) is 0.862. The second-order valence-electron chi connectivity index (χ2n) is 2.52. The Labute approximate surface area is 71.8 Å². The summed E-state index contributed by atoms with van der Waals surface area (Å²) in [5.74, 6) is 0.516. The Bertz CT molecular complexity index is 235. The summed E-state index contributed by atoms with van der Waals surface area (Å²) < 4.78 is 4.87. The number of nitrogens with zero attached hydrogens (tertiary/aromatic N) is 2. The lowest BCUT2D eigenvalue weighted by molar-refractivity contribution is 0.390. The first kappa shape index (κ1) is 8.93. The van der Waals surface area contributed by atoms with Gasteiger partial charge in [0, 0.05) is 12.1 Å². The van der Waals surface area contributed by atoms with Crippen molar-refractivity contribution in [2.45, 2.75) is 19.4 Å². The highest BCUT2D eigenvalue weighted by molar-refractivity contribution is 5.13. The number of ether oxygens (including phenoxy) is 1. The number of aromatic nitrogens is 2. The van der Waals surface area contributed by atoms with Gasteiger partial charge in [-0.15, -0.1) is 5.10 Å². The van der Waals surface area contributed by atoms with Crippen LogP contribution in [0.2, 0.25) is 0 Å². The zero-order valence-corrected chi connectivity index (χ0v) is 7.32. The molecule has 66 valence electrons. The zero-order chi connectivity index (χ0) is 8.97. The minimum atomic E-state index is -0.0246. The lowest BCUT2D eigenvalue weighted by Crippen LogP contribution is -2.11. The summed E-state index contributed by atoms with van der Waals surface area (Å²) in [5, 5.41) is 7.73. The van der Waals surface area contributed by atoms with Gasteiger partial charge >= 0.3 is 0 Å². The van der Waals surface area contributed by atoms with E-state index < -0.39 is 0 Å². The van der Waals surface area contributed by atoms with E-state index >= 15 is 0 Å². The van der Waals surface area contributed by atoms with Crippen molar-refractivity contribution in [3.05, 3.63) is 17.8 Å². The van der Waals surface area contributed by atoms with Crippen LogP contribution in [0.5, 0.6) is 5.88 Å². The van der Waals surface area contributed by atoms with Gasteiger partial charge in [0.1, 0.15) is 0 Å². The lowest BCUT2D eigenvalue weighted by Gasteiger charge is -2.06. The van der Waals surface area contributed by atoms with Crippen LogP contribution in [0.15, 0.2) is 12.1 Å². The van der Waals surface area contributed by atoms with E-state index in [1.807, 2.05) is 13.0 Å². The van der Waals surface area contributed by atoms with Crippen LogP contribution in [-0.4, -0.2) is 17.3 Å². The van der Waals surface area contributed by atoms with Crippen molar-refractivity contribution < 1.29 is 4.74 Å². The Kier molecular flexibility index (Phi) is 2.99. The summed E-state index contributed by atoms with van der Waals surface area (Å²) in [7, 11) is 1.56. The normalized spacial score (nSPS) is 12.6. The maximum atomic E-state index is 5.74. The van der Waals surface area contributed by atoms with Crippen LogP contribution in [0.3, 0.4) is 0 Å². The molecule has 1 heterocycles. The van der Waals surface area contributed by atoms with Crippen molar-refractivity contribution in [1.29, 1.82) is 0 Å². The first-order chi connectivity index (χ1) is 5.77. The van der Waals surface area contributed by atoms with E-state index in [1.54, 1.807) is 13.2 Å². The summed E-state index contributed by atoms with van der Waals surface area (Å²) in [5.41, 5.74) is 6.55. The third-order valence-corrected chi connectivity index (χ3v) is 1.69. The van der Waals surface area contributed by atoms with Gasteiger partial charge in [-0.25, -0.2) is 0 Å². The molecule has 0 aliphatic heterocycles. The number of hydrogen-bond donors (Lipinski definition) is 1. The molecule has 0 spiro atoms. The Morgan fingerprint density at radius 2 is 2.25 bits per heavy atom. The molecule has 1 atom stereocenters. The zero-order valence-electron chi connectivity index (χ0n) is 7.32. The number of hydrogen-bond acceptors (Lipinski definition) is 4. The van der Waals surface area contributed by atoms with E-state index in [0.29, 0.717) is 5.88 Å². The van der Waals surface area contributed by atoms with Crippen molar-refractivity contribution in [2.75, 3.05) is 7.11 Å². The molecule has 0 aliphatic carbocycles. The molecule has 12 heavy (non-hydrogen) atoms. The fourth-order valence-electron chi connectivity index (χ4n) is 0.846. The highest BCUT2D eigenvalue weighted by atomic mass is 16.5. The average Bonchev–Trinajstić information content (AvgIpc) is 2.17. The van der Waals surface area contributed by atoms with Crippen LogP contribution in [-0.2, 0) is 0 Å². The fourth-order valence-corrected chi connectivity index (χ4v) is 0.846. The molecule has 1 aromatic heterocycles. The van der Waals surface area contributed by atoms with E-state index in [1.165, 1.54) is 0 Å². The van der Waals surface area contributed by atoms with Gasteiger partial charge < -0.3 is 10.5 Å². The molecule has 0 saturated heterocycles. The van der Waals surface area contributed by atoms with Crippen molar-refractivity contribution in [3.8, 4) is 5.88 Å². The predicted molar refractivity (Wildman–Crippen MR) is 45.8 cm³/mol. The molecular formula is C8H13N3O. The van der Waals surface area contributed by atoms with E-state index in [4.69, 9.17) is 10.5 Å². The smallest absolute Gasteiger partial charge is 0.233 e. The monoisotopic (exact) mass is 167 g/mol. The average molecular weight is 167 g/mol. The molecule has 2 N–H and O–H groups in total. The number of methoxy groups -OCH3 is 1. The largest absolute Gasteiger partial charge is 0.480 e. The van der Waals surface area contributed by atoms with Crippen LogP contribution < -0.4 is 10.5 Å². The first-order valence-electron chi connectivity index (χ1n) is 3.91. The Hall–Kier alpha value is -1.16. The van der Waals surface area contributed by atoms with Crippen molar-refractivity contribution in [1.82, 2.24) is 10.2 Å². The third kappa shape index (κ3) is 1.92. The van der Waals surface area contributed by atoms with E-state index in [-0.39, 0.29) is 6.04 Å². The molecule has 4 heteroatoms. The molecule has 4 nitrogen and oxygen atoms in total. The Balaban J connectivity index is 2.77. The number of rotatable bonds is 3. The molecule has 1 rings (SSSR count). The maximum absolute atomic E-state index is 5.74. The molecule has 1 aromatic rings. The first-order valence-corrected chi connectivity index (χ1v) is 3.91. The highest BCUT2D eigenvalue weighted by Gasteiger charge is 2.04. The summed E-state index contributed by atoms with van der Waals surface area (Å²) >= 11 is 0. The summed E-state index contributed by atoms with van der Waals surface area (Å²) in [4.78, 5) is 0. The van der Waals surface area contributed by atoms with Crippen LogP contribution in [0.1, 0.15) is 25.1 Å². The van der Waals surface area contributed by atoms with Gasteiger partial charge in [0.05, 0.1) is 12.8 Å². The van der Waals surface area contributed by atoms with Gasteiger partial charge in [-0.2, -0.15) is 5.10 Å². The highest BCUT2D eigenvalue weighted by Crippen LogP contribution is 2.11. The lowest BCUT2D eigenvalue weighted by atomic mass is 10.2. The molecule has 1 unspecified atom stereocenters. The summed E-state index contributed by atoms with van der Waals surface area (Å²) in [6.45, 7) is 2.01. The van der Waals surface area contributed by atoms with Crippen molar-refractivity contribution >= 4 is 0 Å². The minimum Gasteiger partial charge on any atom is -0.480 e. The molecule has 0 amide bonds. The third-order valence-electron chi connectivity index (χ3n) is 1.69. The SMILES string of the molecule is CCC(N)c1ccc(OC)nn1. The van der Waals surface area contributed by atoms with Crippen LogP contribution in [0.25, 0.3) is 0 Å². The molecule has 0 saturated carbocycles. The quantitative estimate of drug-likeness (QED) is 0.726. The predicted octanol–water partition coefficient (Wildman–Crippen LogP) is 0.895. The molecule has 0 radical (unpaired) electrons. The molecule has 0 aromatic carbocycles. The van der Waals surface area contributed by atoms with Crippen molar-refractivity contribution in [3.63, 3.8) is 0 Å². The number of nitrogens with two attached hydrogens (primary N) is 1. The summed E-state index contributed by atoms with van der Waals surface area (Å²) in [6, 6.07) is 3.57. The van der Waals surface area contributed by atoms with Gasteiger partial charge in [-0.3, -0.25) is 0 Å². The van der Waals surface area contributed by atoms with Crippen LogP contribution >= 0.6 is 0 Å². The van der Waals surface area contributed by atoms with E-state index in [9.17, 15) is 0 Å². The van der Waals surface area contributed by atoms with Gasteiger partial charge in [0.15, 0.2) is 0 Å². The van der Waals surface area contributed by atoms with Gasteiger partial charge in [0.2, 0.25) is 5.88 Å². The van der Waals surface area contributed by atoms with Crippen molar-refractivity contribution in [2.24, 2.45) is 5.73 Å².